The van der Waals surface area contributed by atoms with Crippen LogP contribution < -0.4 is 5.32 Å². The average molecular weight is 437 g/mol. The molecular weight excluding hydrogens is 428 g/mol. The molecule has 3 aromatic rings. The highest BCUT2D eigenvalue weighted by atomic mass is 127. The van der Waals surface area contributed by atoms with Crippen molar-refractivity contribution in [3.05, 3.63) is 51.2 Å². The monoisotopic (exact) mass is 437 g/mol. The van der Waals surface area contributed by atoms with E-state index in [2.05, 4.69) is 10.3 Å². The van der Waals surface area contributed by atoms with E-state index in [9.17, 15) is 14.4 Å². The molecule has 2 heterocycles. The molecule has 0 aliphatic heterocycles. The molecule has 1 aromatic carbocycles. The number of nitrogens with zero attached hydrogens (tertiary/aromatic N) is 2. The number of fused-ring (bicyclic) bond motifs is 1. The van der Waals surface area contributed by atoms with Crippen LogP contribution >= 0.6 is 22.6 Å². The van der Waals surface area contributed by atoms with Crippen molar-refractivity contribution in [2.24, 2.45) is 0 Å². The summed E-state index contributed by atoms with van der Waals surface area (Å²) >= 11 is 1.98. The highest BCUT2D eigenvalue weighted by Gasteiger charge is 2.23. The quantitative estimate of drug-likeness (QED) is 0.493. The van der Waals surface area contributed by atoms with Gasteiger partial charge in [0.1, 0.15) is 17.4 Å². The first-order valence-electron chi connectivity index (χ1n) is 6.67. The van der Waals surface area contributed by atoms with Gasteiger partial charge in [-0.3, -0.25) is 0 Å². The van der Waals surface area contributed by atoms with E-state index in [4.69, 9.17) is 9.15 Å². The minimum atomic E-state index is -0.708. The summed E-state index contributed by atoms with van der Waals surface area (Å²) in [6.45, 7) is 0. The molecule has 0 amide bonds. The van der Waals surface area contributed by atoms with Crippen molar-refractivity contribution in [1.29, 1.82) is 5.26 Å². The molecule has 24 heavy (non-hydrogen) atoms. The van der Waals surface area contributed by atoms with Gasteiger partial charge in [0.25, 0.3) is 0 Å². The maximum Gasteiger partial charge on any atom is 0.345 e. The number of ether oxygens (including phenoxy) is 1. The third-order valence-electron chi connectivity index (χ3n) is 3.29. The average Bonchev–Trinajstić information content (AvgIpc) is 3.05. The number of carbonyl (C=O) groups is 1. The predicted molar refractivity (Wildman–Crippen MR) is 92.5 cm³/mol. The van der Waals surface area contributed by atoms with Crippen molar-refractivity contribution in [3.63, 3.8) is 0 Å². The lowest BCUT2D eigenvalue weighted by atomic mass is 10.1. The van der Waals surface area contributed by atoms with Crippen molar-refractivity contribution in [2.75, 3.05) is 12.4 Å². The largest absolute Gasteiger partial charge is 0.465 e. The summed E-state index contributed by atoms with van der Waals surface area (Å²) in [6, 6.07) is 8.00. The Morgan fingerprint density at radius 3 is 2.92 bits per heavy atom. The van der Waals surface area contributed by atoms with Crippen LogP contribution in [0.15, 0.2) is 34.9 Å². The molecule has 6 nitrogen and oxygen atoms in total. The lowest BCUT2D eigenvalue weighted by molar-refractivity contribution is 0.0602. The molecule has 8 heteroatoms. The number of halogens is 2. The molecule has 0 fully saturated rings. The molecule has 0 aliphatic rings. The Morgan fingerprint density at radius 1 is 1.46 bits per heavy atom. The van der Waals surface area contributed by atoms with E-state index in [0.29, 0.717) is 5.39 Å². The zero-order valence-electron chi connectivity index (χ0n) is 12.3. The molecule has 2 aromatic heterocycles. The van der Waals surface area contributed by atoms with Gasteiger partial charge >= 0.3 is 5.97 Å². The van der Waals surface area contributed by atoms with Crippen LogP contribution in [0.25, 0.3) is 11.0 Å². The van der Waals surface area contributed by atoms with Crippen molar-refractivity contribution in [3.8, 4) is 6.07 Å². The zero-order valence-corrected chi connectivity index (χ0v) is 14.4. The van der Waals surface area contributed by atoms with Gasteiger partial charge in [-0.25, -0.2) is 14.2 Å². The van der Waals surface area contributed by atoms with Gasteiger partial charge < -0.3 is 14.5 Å². The number of aromatic nitrogens is 1. The van der Waals surface area contributed by atoms with E-state index < -0.39 is 11.8 Å². The molecule has 1 N–H and O–H groups in total. The van der Waals surface area contributed by atoms with Crippen molar-refractivity contribution in [1.82, 2.24) is 4.98 Å². The number of furan rings is 1. The summed E-state index contributed by atoms with van der Waals surface area (Å²) in [4.78, 5) is 16.3. The summed E-state index contributed by atoms with van der Waals surface area (Å²) in [5, 5.41) is 12.4. The number of nitrogens with one attached hydrogen (secondary N) is 1. The van der Waals surface area contributed by atoms with Crippen LogP contribution in [0, 0.1) is 20.7 Å². The fraction of sp³-hybridized carbons (Fsp3) is 0.0625. The number of carbonyl (C=O) groups excluding carboxylic acids is 1. The van der Waals surface area contributed by atoms with Gasteiger partial charge in [0.05, 0.1) is 24.4 Å². The number of benzene rings is 1. The second kappa shape index (κ2) is 6.45. The Bertz CT molecular complexity index is 994. The number of hydrogen-bond acceptors (Lipinski definition) is 6. The molecule has 0 spiro atoms. The first kappa shape index (κ1) is 16.2. The summed E-state index contributed by atoms with van der Waals surface area (Å²) in [5.74, 6) is -1.24. The third-order valence-corrected chi connectivity index (χ3v) is 3.96. The van der Waals surface area contributed by atoms with Crippen LogP contribution in [0.4, 0.5) is 15.9 Å². The molecule has 0 radical (unpaired) electrons. The van der Waals surface area contributed by atoms with E-state index in [1.165, 1.54) is 31.6 Å². The first-order valence-corrected chi connectivity index (χ1v) is 7.74. The number of pyridine rings is 1. The molecular formula is C16H9FIN3O3. The second-order valence-corrected chi connectivity index (χ2v) is 5.95. The van der Waals surface area contributed by atoms with Crippen LogP contribution in [0.1, 0.15) is 16.1 Å². The van der Waals surface area contributed by atoms with Gasteiger partial charge in [-0.1, -0.05) is 0 Å². The lowest BCUT2D eigenvalue weighted by Crippen LogP contribution is -2.10. The van der Waals surface area contributed by atoms with Crippen LogP contribution in [0.3, 0.4) is 0 Å². The maximum atomic E-state index is 14.1. The van der Waals surface area contributed by atoms with Crippen molar-refractivity contribution in [2.45, 2.75) is 0 Å². The van der Waals surface area contributed by atoms with Gasteiger partial charge in [-0.05, 0) is 46.9 Å². The van der Waals surface area contributed by atoms with Crippen molar-refractivity contribution >= 4 is 51.0 Å². The SMILES string of the molecule is COC(=O)c1c(Nc2ccc(I)cc2F)nc(C#N)c2ccoc12. The Kier molecular flexibility index (Phi) is 4.35. The first-order chi connectivity index (χ1) is 11.5. The Labute approximate surface area is 149 Å². The van der Waals surface area contributed by atoms with Crippen LogP contribution in [0.5, 0.6) is 0 Å². The van der Waals surface area contributed by atoms with Crippen molar-refractivity contribution < 1.29 is 18.3 Å². The molecule has 0 unspecified atom stereocenters. The van der Waals surface area contributed by atoms with Gasteiger partial charge in [-0.15, -0.1) is 0 Å². The van der Waals surface area contributed by atoms with Crippen LogP contribution in [-0.4, -0.2) is 18.1 Å². The topological polar surface area (TPSA) is 88.1 Å². The fourth-order valence-corrected chi connectivity index (χ4v) is 2.66. The van der Waals surface area contributed by atoms with Gasteiger partial charge in [0.2, 0.25) is 0 Å². The Balaban J connectivity index is 2.22. The van der Waals surface area contributed by atoms with Gasteiger partial charge in [0, 0.05) is 3.57 Å². The minimum absolute atomic E-state index is 0.00514. The number of esters is 1. The van der Waals surface area contributed by atoms with Crippen LogP contribution in [0.2, 0.25) is 0 Å². The summed E-state index contributed by atoms with van der Waals surface area (Å²) in [5.41, 5.74) is 0.318. The Morgan fingerprint density at radius 2 is 2.25 bits per heavy atom. The summed E-state index contributed by atoms with van der Waals surface area (Å²) in [7, 11) is 1.21. The molecule has 0 saturated heterocycles. The second-order valence-electron chi connectivity index (χ2n) is 4.70. The predicted octanol–water partition coefficient (Wildman–Crippen LogP) is 3.97. The molecule has 120 valence electrons. The molecule has 3 rings (SSSR count). The van der Waals surface area contributed by atoms with Crippen LogP contribution in [-0.2, 0) is 4.74 Å². The fourth-order valence-electron chi connectivity index (χ4n) is 2.21. The number of anilines is 2. The molecule has 0 saturated carbocycles. The highest BCUT2D eigenvalue weighted by molar-refractivity contribution is 14.1. The van der Waals surface area contributed by atoms with E-state index in [-0.39, 0.29) is 28.3 Å². The van der Waals surface area contributed by atoms with E-state index in [1.54, 1.807) is 6.07 Å². The molecule has 0 bridgehead atoms. The maximum absolute atomic E-state index is 14.1. The number of methoxy groups -OCH3 is 1. The highest BCUT2D eigenvalue weighted by Crippen LogP contribution is 2.31. The minimum Gasteiger partial charge on any atom is -0.465 e. The van der Waals surface area contributed by atoms with Gasteiger partial charge in [0.15, 0.2) is 17.1 Å². The smallest absolute Gasteiger partial charge is 0.345 e. The summed E-state index contributed by atoms with van der Waals surface area (Å²) < 4.78 is 24.9. The number of hydrogen-bond donors (Lipinski definition) is 1. The Hall–Kier alpha value is -2.67. The standard InChI is InChI=1S/C16H9FIN3O3/c1-23-16(22)13-14-9(4-5-24-14)12(7-19)21-15(13)20-11-3-2-8(18)6-10(11)17/h2-6H,1H3,(H,20,21). The lowest BCUT2D eigenvalue weighted by Gasteiger charge is -2.12. The normalized spacial score (nSPS) is 10.4. The van der Waals surface area contributed by atoms with Gasteiger partial charge in [-0.2, -0.15) is 5.26 Å². The van der Waals surface area contributed by atoms with E-state index in [0.717, 1.165) is 3.57 Å². The number of rotatable bonds is 3. The summed E-state index contributed by atoms with van der Waals surface area (Å²) in [6.07, 6.45) is 1.34. The van der Waals surface area contributed by atoms with E-state index >= 15 is 0 Å². The molecule has 0 atom stereocenters. The third kappa shape index (κ3) is 2.78. The zero-order chi connectivity index (χ0) is 17.3. The number of nitriles is 1. The van der Waals surface area contributed by atoms with E-state index in [1.807, 2.05) is 28.7 Å². The molecule has 0 aliphatic carbocycles.